The first-order chi connectivity index (χ1) is 11.0. The van der Waals surface area contributed by atoms with Crippen molar-refractivity contribution in [3.63, 3.8) is 0 Å². The summed E-state index contributed by atoms with van der Waals surface area (Å²) in [5, 5.41) is 13.3. The fraction of sp³-hybridized carbons (Fsp3) is 0.188. The molecule has 0 aliphatic rings. The summed E-state index contributed by atoms with van der Waals surface area (Å²) >= 11 is 5.91. The Bertz CT molecular complexity index is 717. The maximum Gasteiger partial charge on any atom is 0.271 e. The molecule has 0 unspecified atom stereocenters. The maximum atomic E-state index is 11.9. The molecule has 0 spiro atoms. The Morgan fingerprint density at radius 3 is 2.52 bits per heavy atom. The van der Waals surface area contributed by atoms with E-state index in [2.05, 4.69) is 12.2 Å². The number of amides is 1. The summed E-state index contributed by atoms with van der Waals surface area (Å²) in [5.41, 5.74) is 1.34. The third kappa shape index (κ3) is 4.69. The lowest BCUT2D eigenvalue weighted by atomic mass is 10.2. The molecule has 0 atom stereocenters. The predicted molar refractivity (Wildman–Crippen MR) is 88.1 cm³/mol. The zero-order chi connectivity index (χ0) is 16.8. The standard InChI is InChI=1S/C16H15ClN2O4/c1-2-11-3-6-13(7-4-11)23-10-16(20)18-15-8-5-12(19(21)22)9-14(15)17/h3-9H,2,10H2,1H3,(H,18,20). The molecule has 0 aromatic heterocycles. The third-order valence-electron chi connectivity index (χ3n) is 3.14. The van der Waals surface area contributed by atoms with Crippen molar-refractivity contribution in [2.24, 2.45) is 0 Å². The first-order valence-electron chi connectivity index (χ1n) is 6.95. The van der Waals surface area contributed by atoms with E-state index in [0.29, 0.717) is 11.4 Å². The molecule has 120 valence electrons. The Kier molecular flexibility index (Phi) is 5.54. The molecule has 0 bridgehead atoms. The fourth-order valence-electron chi connectivity index (χ4n) is 1.88. The van der Waals surface area contributed by atoms with Crippen molar-refractivity contribution in [2.45, 2.75) is 13.3 Å². The second-order valence-corrected chi connectivity index (χ2v) is 5.16. The van der Waals surface area contributed by atoms with Gasteiger partial charge in [0.05, 0.1) is 15.6 Å². The van der Waals surface area contributed by atoms with Gasteiger partial charge in [-0.2, -0.15) is 0 Å². The number of halogens is 1. The first-order valence-corrected chi connectivity index (χ1v) is 7.33. The van der Waals surface area contributed by atoms with Crippen LogP contribution in [0.3, 0.4) is 0 Å². The Balaban J connectivity index is 1.92. The van der Waals surface area contributed by atoms with Crippen LogP contribution in [0.4, 0.5) is 11.4 Å². The molecule has 1 amide bonds. The molecule has 0 heterocycles. The van der Waals surface area contributed by atoms with Gasteiger partial charge in [-0.3, -0.25) is 14.9 Å². The molecule has 2 aromatic carbocycles. The van der Waals surface area contributed by atoms with E-state index in [1.54, 1.807) is 12.1 Å². The van der Waals surface area contributed by atoms with Crippen molar-refractivity contribution in [1.29, 1.82) is 0 Å². The number of ether oxygens (including phenoxy) is 1. The minimum Gasteiger partial charge on any atom is -0.484 e. The average molecular weight is 335 g/mol. The van der Waals surface area contributed by atoms with Gasteiger partial charge in [-0.15, -0.1) is 0 Å². The van der Waals surface area contributed by atoms with Crippen LogP contribution in [0.1, 0.15) is 12.5 Å². The second-order valence-electron chi connectivity index (χ2n) is 4.76. The van der Waals surface area contributed by atoms with Crippen molar-refractivity contribution in [3.05, 3.63) is 63.2 Å². The summed E-state index contributed by atoms with van der Waals surface area (Å²) in [6.45, 7) is 1.87. The molecule has 0 aliphatic carbocycles. The summed E-state index contributed by atoms with van der Waals surface area (Å²) in [6, 6.07) is 11.3. The van der Waals surface area contributed by atoms with E-state index in [1.807, 2.05) is 12.1 Å². The molecule has 1 N–H and O–H groups in total. The molecule has 0 radical (unpaired) electrons. The molecule has 23 heavy (non-hydrogen) atoms. The predicted octanol–water partition coefficient (Wildman–Crippen LogP) is 3.83. The van der Waals surface area contributed by atoms with Crippen molar-refractivity contribution < 1.29 is 14.5 Å². The van der Waals surface area contributed by atoms with Gasteiger partial charge < -0.3 is 10.1 Å². The number of nitrogens with one attached hydrogen (secondary N) is 1. The number of nitro groups is 1. The van der Waals surface area contributed by atoms with E-state index in [-0.39, 0.29) is 17.3 Å². The number of non-ortho nitro benzene ring substituents is 1. The maximum absolute atomic E-state index is 11.9. The Morgan fingerprint density at radius 2 is 1.96 bits per heavy atom. The van der Waals surface area contributed by atoms with Crippen LogP contribution in [0.5, 0.6) is 5.75 Å². The topological polar surface area (TPSA) is 81.5 Å². The lowest BCUT2D eigenvalue weighted by Gasteiger charge is -2.09. The molecule has 6 nitrogen and oxygen atoms in total. The Morgan fingerprint density at radius 1 is 1.26 bits per heavy atom. The highest BCUT2D eigenvalue weighted by atomic mass is 35.5. The number of hydrogen-bond acceptors (Lipinski definition) is 4. The largest absolute Gasteiger partial charge is 0.484 e. The summed E-state index contributed by atoms with van der Waals surface area (Å²) in [7, 11) is 0. The van der Waals surface area contributed by atoms with E-state index in [9.17, 15) is 14.9 Å². The highest BCUT2D eigenvalue weighted by Crippen LogP contribution is 2.26. The highest BCUT2D eigenvalue weighted by molar-refractivity contribution is 6.34. The van der Waals surface area contributed by atoms with E-state index in [1.165, 1.54) is 23.8 Å². The van der Waals surface area contributed by atoms with Crippen LogP contribution >= 0.6 is 11.6 Å². The lowest BCUT2D eigenvalue weighted by Crippen LogP contribution is -2.20. The van der Waals surface area contributed by atoms with Gasteiger partial charge in [-0.1, -0.05) is 30.7 Å². The molecule has 0 saturated carbocycles. The molecule has 0 fully saturated rings. The number of anilines is 1. The number of nitro benzene ring substituents is 1. The highest BCUT2D eigenvalue weighted by Gasteiger charge is 2.11. The van der Waals surface area contributed by atoms with Crippen LogP contribution in [-0.4, -0.2) is 17.4 Å². The van der Waals surface area contributed by atoms with Gasteiger partial charge in [-0.05, 0) is 30.2 Å². The number of rotatable bonds is 6. The third-order valence-corrected chi connectivity index (χ3v) is 3.45. The van der Waals surface area contributed by atoms with Crippen LogP contribution in [0, 0.1) is 10.1 Å². The van der Waals surface area contributed by atoms with Crippen LogP contribution in [0.2, 0.25) is 5.02 Å². The number of benzene rings is 2. The van der Waals surface area contributed by atoms with Crippen LogP contribution in [0.25, 0.3) is 0 Å². The van der Waals surface area contributed by atoms with Crippen LogP contribution in [-0.2, 0) is 11.2 Å². The second kappa shape index (κ2) is 7.60. The van der Waals surface area contributed by atoms with Crippen molar-refractivity contribution in [2.75, 3.05) is 11.9 Å². The van der Waals surface area contributed by atoms with Crippen molar-refractivity contribution in [3.8, 4) is 5.75 Å². The van der Waals surface area contributed by atoms with E-state index < -0.39 is 10.8 Å². The average Bonchev–Trinajstić information content (AvgIpc) is 2.55. The number of aryl methyl sites for hydroxylation is 1. The van der Waals surface area contributed by atoms with Gasteiger partial charge in [0.1, 0.15) is 5.75 Å². The zero-order valence-electron chi connectivity index (χ0n) is 12.4. The molecule has 0 aliphatic heterocycles. The molecule has 7 heteroatoms. The van der Waals surface area contributed by atoms with Crippen molar-refractivity contribution >= 4 is 28.9 Å². The van der Waals surface area contributed by atoms with Crippen molar-refractivity contribution in [1.82, 2.24) is 0 Å². The van der Waals surface area contributed by atoms with Gasteiger partial charge >= 0.3 is 0 Å². The van der Waals surface area contributed by atoms with Crippen LogP contribution in [0.15, 0.2) is 42.5 Å². The van der Waals surface area contributed by atoms with Gasteiger partial charge in [0.25, 0.3) is 11.6 Å². The minimum absolute atomic E-state index is 0.0971. The number of nitrogens with zero attached hydrogens (tertiary/aromatic N) is 1. The zero-order valence-corrected chi connectivity index (χ0v) is 13.2. The number of carbonyl (C=O) groups excluding carboxylic acids is 1. The monoisotopic (exact) mass is 334 g/mol. The Labute approximate surface area is 138 Å². The van der Waals surface area contributed by atoms with E-state index in [4.69, 9.17) is 16.3 Å². The van der Waals surface area contributed by atoms with Gasteiger partial charge in [0, 0.05) is 12.1 Å². The smallest absolute Gasteiger partial charge is 0.271 e. The van der Waals surface area contributed by atoms with Gasteiger partial charge in [-0.25, -0.2) is 0 Å². The lowest BCUT2D eigenvalue weighted by molar-refractivity contribution is -0.384. The summed E-state index contributed by atoms with van der Waals surface area (Å²) < 4.78 is 5.38. The number of carbonyl (C=O) groups is 1. The number of hydrogen-bond donors (Lipinski definition) is 1. The molecular weight excluding hydrogens is 320 g/mol. The quantitative estimate of drug-likeness (QED) is 0.643. The van der Waals surface area contributed by atoms with E-state index >= 15 is 0 Å². The molecule has 0 saturated heterocycles. The summed E-state index contributed by atoms with van der Waals surface area (Å²) in [5.74, 6) is 0.187. The molecule has 2 aromatic rings. The van der Waals surface area contributed by atoms with Gasteiger partial charge in [0.15, 0.2) is 6.61 Å². The summed E-state index contributed by atoms with van der Waals surface area (Å²) in [6.07, 6.45) is 0.930. The normalized spacial score (nSPS) is 10.2. The van der Waals surface area contributed by atoms with Crippen LogP contribution < -0.4 is 10.1 Å². The first kappa shape index (κ1) is 16.8. The van der Waals surface area contributed by atoms with E-state index in [0.717, 1.165) is 6.42 Å². The Hall–Kier alpha value is -2.60. The fourth-order valence-corrected chi connectivity index (χ4v) is 2.10. The van der Waals surface area contributed by atoms with Gasteiger partial charge in [0.2, 0.25) is 0 Å². The molecular formula is C16H15ClN2O4. The summed E-state index contributed by atoms with van der Waals surface area (Å²) in [4.78, 5) is 21.9. The minimum atomic E-state index is -0.555. The SMILES string of the molecule is CCc1ccc(OCC(=O)Nc2ccc([N+](=O)[O-])cc2Cl)cc1. The molecule has 2 rings (SSSR count).